The summed E-state index contributed by atoms with van der Waals surface area (Å²) in [6.45, 7) is 3.36. The molecule has 4 heteroatoms. The van der Waals surface area contributed by atoms with Crippen LogP contribution in [0.25, 0.3) is 0 Å². The Balaban J connectivity index is 2.15. The van der Waals surface area contributed by atoms with Gasteiger partial charge in [0.15, 0.2) is 0 Å². The molecule has 4 nitrogen and oxygen atoms in total. The Hall–Kier alpha value is -0.900. The van der Waals surface area contributed by atoms with Crippen molar-refractivity contribution < 1.29 is 4.42 Å². The van der Waals surface area contributed by atoms with Crippen molar-refractivity contribution >= 4 is 0 Å². The molecule has 0 saturated carbocycles. The van der Waals surface area contributed by atoms with E-state index in [0.717, 1.165) is 24.8 Å². The maximum absolute atomic E-state index is 5.17. The van der Waals surface area contributed by atoms with Crippen LogP contribution < -0.4 is 0 Å². The molecule has 1 aliphatic rings. The molecule has 1 aliphatic heterocycles. The quantitative estimate of drug-likeness (QED) is 0.627. The number of likely N-dealkylation sites (tertiary alicyclic amines) is 1. The third-order valence-electron chi connectivity index (χ3n) is 2.42. The molecule has 2 rings (SSSR count). The maximum atomic E-state index is 5.17. The number of nitrogens with zero attached hydrogens (tertiary/aromatic N) is 3. The van der Waals surface area contributed by atoms with Gasteiger partial charge in [0.05, 0.1) is 6.04 Å². The predicted octanol–water partition coefficient (Wildman–Crippen LogP) is 1.08. The highest BCUT2D eigenvalue weighted by molar-refractivity contribution is 4.92. The highest BCUT2D eigenvalue weighted by Gasteiger charge is 2.30. The Kier molecular flexibility index (Phi) is 1.84. The Morgan fingerprint density at radius 2 is 2.50 bits per heavy atom. The van der Waals surface area contributed by atoms with Crippen LogP contribution >= 0.6 is 0 Å². The first kappa shape index (κ1) is 7.73. The van der Waals surface area contributed by atoms with E-state index < -0.39 is 0 Å². The molecule has 0 spiro atoms. The SMILES string of the molecule is CC1C[C@@H](c2nnco2)N(C)C1. The van der Waals surface area contributed by atoms with Crippen LogP contribution in [0.3, 0.4) is 0 Å². The zero-order valence-corrected chi connectivity index (χ0v) is 7.40. The lowest BCUT2D eigenvalue weighted by molar-refractivity contribution is 0.267. The van der Waals surface area contributed by atoms with Crippen molar-refractivity contribution in [1.29, 1.82) is 0 Å². The summed E-state index contributed by atoms with van der Waals surface area (Å²) in [5.74, 6) is 1.48. The van der Waals surface area contributed by atoms with Gasteiger partial charge in [-0.05, 0) is 19.4 Å². The molecule has 12 heavy (non-hydrogen) atoms. The highest BCUT2D eigenvalue weighted by Crippen LogP contribution is 2.32. The van der Waals surface area contributed by atoms with Crippen LogP contribution in [0.15, 0.2) is 10.8 Å². The molecule has 2 atom stereocenters. The van der Waals surface area contributed by atoms with E-state index in [1.807, 2.05) is 0 Å². The lowest BCUT2D eigenvalue weighted by atomic mass is 10.1. The van der Waals surface area contributed by atoms with Crippen molar-refractivity contribution in [1.82, 2.24) is 15.1 Å². The van der Waals surface area contributed by atoms with Crippen molar-refractivity contribution in [2.45, 2.75) is 19.4 Å². The summed E-state index contributed by atoms with van der Waals surface area (Å²) >= 11 is 0. The fourth-order valence-electron chi connectivity index (χ4n) is 1.87. The monoisotopic (exact) mass is 167 g/mol. The van der Waals surface area contributed by atoms with Crippen LogP contribution in [0, 0.1) is 5.92 Å². The van der Waals surface area contributed by atoms with Crippen LogP contribution in [0.5, 0.6) is 0 Å². The van der Waals surface area contributed by atoms with Gasteiger partial charge in [0.2, 0.25) is 12.3 Å². The zero-order chi connectivity index (χ0) is 8.55. The zero-order valence-electron chi connectivity index (χ0n) is 7.40. The van der Waals surface area contributed by atoms with E-state index in [4.69, 9.17) is 4.42 Å². The van der Waals surface area contributed by atoms with E-state index in [2.05, 4.69) is 29.1 Å². The number of hydrogen-bond donors (Lipinski definition) is 0. The van der Waals surface area contributed by atoms with Crippen LogP contribution in [-0.4, -0.2) is 28.7 Å². The summed E-state index contributed by atoms with van der Waals surface area (Å²) < 4.78 is 5.17. The predicted molar refractivity (Wildman–Crippen MR) is 43.5 cm³/mol. The molecule has 0 bridgehead atoms. The molecular formula is C8H13N3O. The standard InChI is InChI=1S/C8H13N3O/c1-6-3-7(11(2)4-6)8-10-9-5-12-8/h5-7H,3-4H2,1-2H3/t6?,7-/m0/s1. The molecule has 1 fully saturated rings. The van der Waals surface area contributed by atoms with Crippen molar-refractivity contribution in [3.63, 3.8) is 0 Å². The molecule has 66 valence electrons. The highest BCUT2D eigenvalue weighted by atomic mass is 16.4. The summed E-state index contributed by atoms with van der Waals surface area (Å²) in [5.41, 5.74) is 0. The molecule has 0 aliphatic carbocycles. The smallest absolute Gasteiger partial charge is 0.233 e. The van der Waals surface area contributed by atoms with Gasteiger partial charge in [0.25, 0.3) is 0 Å². The molecular weight excluding hydrogens is 154 g/mol. The third-order valence-corrected chi connectivity index (χ3v) is 2.42. The van der Waals surface area contributed by atoms with Gasteiger partial charge in [-0.25, -0.2) is 0 Å². The van der Waals surface area contributed by atoms with Gasteiger partial charge in [-0.1, -0.05) is 6.92 Å². The fourth-order valence-corrected chi connectivity index (χ4v) is 1.87. The lowest BCUT2D eigenvalue weighted by Gasteiger charge is -2.14. The van der Waals surface area contributed by atoms with Gasteiger partial charge in [-0.15, -0.1) is 10.2 Å². The van der Waals surface area contributed by atoms with Gasteiger partial charge < -0.3 is 4.42 Å². The number of hydrogen-bond acceptors (Lipinski definition) is 4. The largest absolute Gasteiger partial charge is 0.426 e. The van der Waals surface area contributed by atoms with Crippen molar-refractivity contribution in [3.8, 4) is 0 Å². The number of aromatic nitrogens is 2. The minimum absolute atomic E-state index is 0.336. The van der Waals surface area contributed by atoms with E-state index in [0.29, 0.717) is 6.04 Å². The van der Waals surface area contributed by atoms with Crippen LogP contribution in [0.4, 0.5) is 0 Å². The molecule has 0 aromatic carbocycles. The third kappa shape index (κ3) is 1.22. The van der Waals surface area contributed by atoms with Crippen molar-refractivity contribution in [3.05, 3.63) is 12.3 Å². The van der Waals surface area contributed by atoms with Gasteiger partial charge in [-0.2, -0.15) is 0 Å². The van der Waals surface area contributed by atoms with Crippen molar-refractivity contribution in [2.75, 3.05) is 13.6 Å². The average Bonchev–Trinajstić information content (AvgIpc) is 2.58. The second kappa shape index (κ2) is 2.86. The van der Waals surface area contributed by atoms with E-state index in [1.165, 1.54) is 6.39 Å². The Bertz CT molecular complexity index is 247. The minimum Gasteiger partial charge on any atom is -0.426 e. The molecule has 1 unspecified atom stereocenters. The Morgan fingerprint density at radius 3 is 3.00 bits per heavy atom. The van der Waals surface area contributed by atoms with E-state index in [-0.39, 0.29) is 0 Å². The van der Waals surface area contributed by atoms with Gasteiger partial charge in [-0.3, -0.25) is 4.90 Å². The second-order valence-corrected chi connectivity index (χ2v) is 3.57. The van der Waals surface area contributed by atoms with Crippen LogP contribution in [0.2, 0.25) is 0 Å². The molecule has 2 heterocycles. The van der Waals surface area contributed by atoms with Crippen LogP contribution in [-0.2, 0) is 0 Å². The molecule has 0 amide bonds. The summed E-state index contributed by atoms with van der Waals surface area (Å²) in [7, 11) is 2.10. The number of rotatable bonds is 1. The Morgan fingerprint density at radius 1 is 1.67 bits per heavy atom. The minimum atomic E-state index is 0.336. The first-order valence-electron chi connectivity index (χ1n) is 4.23. The molecule has 1 saturated heterocycles. The normalized spacial score (nSPS) is 31.2. The van der Waals surface area contributed by atoms with E-state index >= 15 is 0 Å². The van der Waals surface area contributed by atoms with E-state index in [1.54, 1.807) is 0 Å². The molecule has 0 radical (unpaired) electrons. The summed E-state index contributed by atoms with van der Waals surface area (Å²) in [4.78, 5) is 2.26. The topological polar surface area (TPSA) is 42.2 Å². The Labute approximate surface area is 71.6 Å². The maximum Gasteiger partial charge on any atom is 0.233 e. The average molecular weight is 167 g/mol. The summed E-state index contributed by atoms with van der Waals surface area (Å²) in [6.07, 6.45) is 2.52. The van der Waals surface area contributed by atoms with Gasteiger partial charge >= 0.3 is 0 Å². The summed E-state index contributed by atoms with van der Waals surface area (Å²) in [6, 6.07) is 0.336. The first-order valence-corrected chi connectivity index (χ1v) is 4.23. The molecule has 0 N–H and O–H groups in total. The van der Waals surface area contributed by atoms with Gasteiger partial charge in [0.1, 0.15) is 0 Å². The van der Waals surface area contributed by atoms with Crippen LogP contribution in [0.1, 0.15) is 25.3 Å². The lowest BCUT2D eigenvalue weighted by Crippen LogP contribution is -2.18. The van der Waals surface area contributed by atoms with E-state index in [9.17, 15) is 0 Å². The second-order valence-electron chi connectivity index (χ2n) is 3.57. The first-order chi connectivity index (χ1) is 5.77. The molecule has 1 aromatic rings. The fraction of sp³-hybridized carbons (Fsp3) is 0.750. The molecule has 1 aromatic heterocycles. The summed E-state index contributed by atoms with van der Waals surface area (Å²) in [5, 5.41) is 7.61. The van der Waals surface area contributed by atoms with Gasteiger partial charge in [0, 0.05) is 6.54 Å². The van der Waals surface area contributed by atoms with Crippen molar-refractivity contribution in [2.24, 2.45) is 5.92 Å².